The zero-order valence-corrected chi connectivity index (χ0v) is 13.2. The molecule has 0 bridgehead atoms. The van der Waals surface area contributed by atoms with Crippen molar-refractivity contribution in [3.8, 4) is 0 Å². The number of nitrogens with two attached hydrogens (primary N) is 1. The van der Waals surface area contributed by atoms with Crippen LogP contribution >= 0.6 is 11.6 Å². The van der Waals surface area contributed by atoms with Gasteiger partial charge in [-0.15, -0.1) is 0 Å². The highest BCUT2D eigenvalue weighted by atomic mass is 35.5. The van der Waals surface area contributed by atoms with Crippen molar-refractivity contribution in [1.82, 2.24) is 4.90 Å². The van der Waals surface area contributed by atoms with E-state index in [1.807, 2.05) is 6.92 Å². The molecule has 0 spiro atoms. The summed E-state index contributed by atoms with van der Waals surface area (Å²) in [5, 5.41) is 0.550. The number of hydrogen-bond acceptors (Lipinski definition) is 2. The summed E-state index contributed by atoms with van der Waals surface area (Å²) in [5.74, 6) is 0. The number of nitrogens with zero attached hydrogens (tertiary/aromatic N) is 1. The Hall–Kier alpha value is -0.780. The van der Waals surface area contributed by atoms with Crippen LogP contribution in [0.15, 0.2) is 24.3 Å². The number of alkyl halides is 3. The molecule has 0 aliphatic rings. The van der Waals surface area contributed by atoms with Crippen molar-refractivity contribution in [3.05, 3.63) is 34.9 Å². The normalized spacial score (nSPS) is 15.5. The Morgan fingerprint density at radius 3 is 2.10 bits per heavy atom. The first-order chi connectivity index (χ1) is 9.65. The van der Waals surface area contributed by atoms with Crippen LogP contribution in [0.5, 0.6) is 0 Å². The maximum absolute atomic E-state index is 12.9. The fourth-order valence-corrected chi connectivity index (χ4v) is 2.50. The molecule has 2 nitrogen and oxygen atoms in total. The molecule has 0 aliphatic carbocycles. The molecule has 0 amide bonds. The van der Waals surface area contributed by atoms with E-state index in [0.717, 1.165) is 5.56 Å². The molecule has 1 rings (SSSR count). The lowest BCUT2D eigenvalue weighted by molar-refractivity contribution is -0.156. The van der Waals surface area contributed by atoms with Crippen molar-refractivity contribution in [2.75, 3.05) is 6.54 Å². The number of benzene rings is 1. The molecular weight excluding hydrogens is 301 g/mol. The van der Waals surface area contributed by atoms with Gasteiger partial charge in [0.05, 0.1) is 12.6 Å². The Morgan fingerprint density at radius 1 is 1.19 bits per heavy atom. The van der Waals surface area contributed by atoms with Crippen LogP contribution in [0.1, 0.15) is 38.8 Å². The maximum Gasteiger partial charge on any atom is 0.401 e. The largest absolute Gasteiger partial charge is 0.401 e. The van der Waals surface area contributed by atoms with E-state index in [1.54, 1.807) is 38.1 Å². The van der Waals surface area contributed by atoms with Crippen LogP contribution in [0, 0.1) is 0 Å². The van der Waals surface area contributed by atoms with Gasteiger partial charge in [-0.2, -0.15) is 13.2 Å². The summed E-state index contributed by atoms with van der Waals surface area (Å²) in [6.07, 6.45) is -3.67. The third kappa shape index (κ3) is 5.49. The van der Waals surface area contributed by atoms with Gasteiger partial charge in [0.15, 0.2) is 0 Å². The van der Waals surface area contributed by atoms with Gasteiger partial charge in [-0.1, -0.05) is 30.7 Å². The van der Waals surface area contributed by atoms with Crippen molar-refractivity contribution in [2.45, 2.75) is 51.5 Å². The SMILES string of the molecule is CCC(N)C(c1ccc(Cl)cc1)N(CC(F)(F)F)C(C)C. The second kappa shape index (κ2) is 7.47. The summed E-state index contributed by atoms with van der Waals surface area (Å²) >= 11 is 5.85. The third-order valence-electron chi connectivity index (χ3n) is 3.47. The lowest BCUT2D eigenvalue weighted by Gasteiger charge is -2.38. The average Bonchev–Trinajstić information content (AvgIpc) is 2.38. The predicted octanol–water partition coefficient (Wildman–Crippen LogP) is 4.39. The topological polar surface area (TPSA) is 29.3 Å². The van der Waals surface area contributed by atoms with E-state index in [4.69, 9.17) is 17.3 Å². The summed E-state index contributed by atoms with van der Waals surface area (Å²) in [5.41, 5.74) is 6.86. The molecule has 2 unspecified atom stereocenters. The van der Waals surface area contributed by atoms with Crippen molar-refractivity contribution >= 4 is 11.6 Å². The van der Waals surface area contributed by atoms with Gasteiger partial charge in [0.2, 0.25) is 0 Å². The first kappa shape index (κ1) is 18.3. The van der Waals surface area contributed by atoms with Gasteiger partial charge in [0.1, 0.15) is 0 Å². The molecule has 0 fully saturated rings. The van der Waals surface area contributed by atoms with Crippen LogP contribution in [-0.2, 0) is 0 Å². The van der Waals surface area contributed by atoms with Crippen LogP contribution in [0.25, 0.3) is 0 Å². The lowest BCUT2D eigenvalue weighted by Crippen LogP contribution is -2.48. The van der Waals surface area contributed by atoms with E-state index in [0.29, 0.717) is 11.4 Å². The van der Waals surface area contributed by atoms with Gasteiger partial charge in [-0.25, -0.2) is 0 Å². The predicted molar refractivity (Wildman–Crippen MR) is 80.4 cm³/mol. The minimum Gasteiger partial charge on any atom is -0.326 e. The summed E-state index contributed by atoms with van der Waals surface area (Å²) in [6.45, 7) is 4.39. The monoisotopic (exact) mass is 322 g/mol. The molecule has 2 atom stereocenters. The average molecular weight is 323 g/mol. The van der Waals surface area contributed by atoms with Crippen molar-refractivity contribution in [1.29, 1.82) is 0 Å². The highest BCUT2D eigenvalue weighted by Gasteiger charge is 2.37. The smallest absolute Gasteiger partial charge is 0.326 e. The van der Waals surface area contributed by atoms with Crippen LogP contribution in [0.2, 0.25) is 5.02 Å². The quantitative estimate of drug-likeness (QED) is 0.841. The van der Waals surface area contributed by atoms with Crippen LogP contribution in [0.3, 0.4) is 0 Å². The second-order valence-corrected chi connectivity index (χ2v) is 5.89. The van der Waals surface area contributed by atoms with Gasteiger partial charge in [-0.05, 0) is 38.0 Å². The molecule has 21 heavy (non-hydrogen) atoms. The van der Waals surface area contributed by atoms with Crippen molar-refractivity contribution in [3.63, 3.8) is 0 Å². The van der Waals surface area contributed by atoms with E-state index in [2.05, 4.69) is 0 Å². The number of rotatable bonds is 6. The highest BCUT2D eigenvalue weighted by Crippen LogP contribution is 2.31. The first-order valence-corrected chi connectivity index (χ1v) is 7.37. The number of hydrogen-bond donors (Lipinski definition) is 1. The molecule has 0 aromatic heterocycles. The van der Waals surface area contributed by atoms with E-state index in [-0.39, 0.29) is 12.1 Å². The van der Waals surface area contributed by atoms with Gasteiger partial charge < -0.3 is 5.73 Å². The maximum atomic E-state index is 12.9. The molecular formula is C15H22ClF3N2. The zero-order chi connectivity index (χ0) is 16.2. The molecule has 2 N–H and O–H groups in total. The molecule has 0 saturated carbocycles. The molecule has 0 radical (unpaired) electrons. The highest BCUT2D eigenvalue weighted by molar-refractivity contribution is 6.30. The molecule has 0 saturated heterocycles. The van der Waals surface area contributed by atoms with Gasteiger partial charge in [-0.3, -0.25) is 4.90 Å². The zero-order valence-electron chi connectivity index (χ0n) is 12.5. The molecule has 6 heteroatoms. The van der Waals surface area contributed by atoms with Crippen LogP contribution in [-0.4, -0.2) is 29.7 Å². The Morgan fingerprint density at radius 2 is 1.71 bits per heavy atom. The minimum atomic E-state index is -4.26. The Kier molecular flexibility index (Phi) is 6.50. The van der Waals surface area contributed by atoms with Gasteiger partial charge >= 0.3 is 6.18 Å². The van der Waals surface area contributed by atoms with Crippen LogP contribution < -0.4 is 5.73 Å². The Bertz CT molecular complexity index is 432. The summed E-state index contributed by atoms with van der Waals surface area (Å²) in [7, 11) is 0. The van der Waals surface area contributed by atoms with Gasteiger partial charge in [0.25, 0.3) is 0 Å². The number of halogens is 4. The first-order valence-electron chi connectivity index (χ1n) is 6.99. The second-order valence-electron chi connectivity index (χ2n) is 5.45. The fourth-order valence-electron chi connectivity index (χ4n) is 2.38. The summed E-state index contributed by atoms with van der Waals surface area (Å²) in [6, 6.07) is 5.70. The Balaban J connectivity index is 3.17. The lowest BCUT2D eigenvalue weighted by atomic mass is 9.95. The molecule has 1 aromatic rings. The molecule has 0 heterocycles. The van der Waals surface area contributed by atoms with E-state index in [9.17, 15) is 13.2 Å². The van der Waals surface area contributed by atoms with Crippen molar-refractivity contribution < 1.29 is 13.2 Å². The van der Waals surface area contributed by atoms with E-state index >= 15 is 0 Å². The minimum absolute atomic E-state index is 0.273. The molecule has 1 aromatic carbocycles. The standard InChI is InChI=1S/C15H22ClF3N2/c1-4-13(20)14(11-5-7-12(16)8-6-11)21(10(2)3)9-15(17,18)19/h5-8,10,13-14H,4,9,20H2,1-3H3. The fraction of sp³-hybridized carbons (Fsp3) is 0.600. The molecule has 0 aliphatic heterocycles. The summed E-state index contributed by atoms with van der Waals surface area (Å²) < 4.78 is 38.6. The molecule has 120 valence electrons. The van der Waals surface area contributed by atoms with E-state index < -0.39 is 18.8 Å². The third-order valence-corrected chi connectivity index (χ3v) is 3.72. The van der Waals surface area contributed by atoms with Crippen molar-refractivity contribution in [2.24, 2.45) is 5.73 Å². The van der Waals surface area contributed by atoms with Gasteiger partial charge in [0, 0.05) is 17.1 Å². The van der Waals surface area contributed by atoms with Crippen LogP contribution in [0.4, 0.5) is 13.2 Å². The van der Waals surface area contributed by atoms with E-state index in [1.165, 1.54) is 4.90 Å². The Labute approximate surface area is 129 Å². The summed E-state index contributed by atoms with van der Waals surface area (Å²) in [4.78, 5) is 1.40.